The molecular formula is C26H42O6. The molecule has 0 heterocycles. The second-order valence-corrected chi connectivity index (χ2v) is 8.13. The quantitative estimate of drug-likeness (QED) is 0.258. The van der Waals surface area contributed by atoms with Gasteiger partial charge in [0.1, 0.15) is 0 Å². The highest BCUT2D eigenvalue weighted by Crippen LogP contribution is 2.24. The van der Waals surface area contributed by atoms with E-state index in [9.17, 15) is 9.59 Å². The van der Waals surface area contributed by atoms with Gasteiger partial charge in [0.05, 0.1) is 26.1 Å². The smallest absolute Gasteiger partial charge is 0.310 e. The molecule has 0 amide bonds. The van der Waals surface area contributed by atoms with Crippen LogP contribution in [-0.2, 0) is 44.7 Å². The molecule has 0 unspecified atom stereocenters. The van der Waals surface area contributed by atoms with Crippen molar-refractivity contribution in [2.75, 3.05) is 26.4 Å². The molecule has 0 radical (unpaired) electrons. The molecular weight excluding hydrogens is 408 g/mol. The minimum atomic E-state index is -0.289. The van der Waals surface area contributed by atoms with Crippen molar-refractivity contribution in [3.05, 3.63) is 34.4 Å². The van der Waals surface area contributed by atoms with Crippen molar-refractivity contribution in [2.45, 2.75) is 90.9 Å². The molecule has 2 N–H and O–H groups in total. The Morgan fingerprint density at radius 1 is 0.625 bits per heavy atom. The Morgan fingerprint density at radius 3 is 1.34 bits per heavy atom. The molecule has 0 saturated carbocycles. The highest BCUT2D eigenvalue weighted by atomic mass is 16.5. The summed E-state index contributed by atoms with van der Waals surface area (Å²) in [5.41, 5.74) is 4.13. The third kappa shape index (κ3) is 11.6. The van der Waals surface area contributed by atoms with Crippen LogP contribution in [-0.4, -0.2) is 48.6 Å². The molecule has 0 aliphatic carbocycles. The number of unbranched alkanes of at least 4 members (excludes halogenated alkanes) is 6. The SMILES string of the molecule is CCOC(=O)Cc1cc(CCCCCCO)c(CCCCCCO)cc1CC(=O)OCC. The number of aliphatic hydroxyl groups is 2. The average Bonchev–Trinajstić information content (AvgIpc) is 2.76. The number of carbonyl (C=O) groups excluding carboxylic acids is 2. The van der Waals surface area contributed by atoms with Crippen LogP contribution >= 0.6 is 0 Å². The first kappa shape index (κ1) is 28.1. The van der Waals surface area contributed by atoms with E-state index < -0.39 is 0 Å². The lowest BCUT2D eigenvalue weighted by Crippen LogP contribution is -2.14. The van der Waals surface area contributed by atoms with E-state index in [1.807, 2.05) is 0 Å². The zero-order valence-corrected chi connectivity index (χ0v) is 20.0. The van der Waals surface area contributed by atoms with Crippen LogP contribution in [0, 0.1) is 0 Å². The molecule has 0 aliphatic rings. The Labute approximate surface area is 193 Å². The van der Waals surface area contributed by atoms with Crippen molar-refractivity contribution < 1.29 is 29.3 Å². The van der Waals surface area contributed by atoms with Gasteiger partial charge in [-0.15, -0.1) is 0 Å². The fourth-order valence-corrected chi connectivity index (χ4v) is 3.88. The Balaban J connectivity index is 3.09. The lowest BCUT2D eigenvalue weighted by molar-refractivity contribution is -0.143. The molecule has 6 heteroatoms. The summed E-state index contributed by atoms with van der Waals surface area (Å²) in [6.45, 7) is 4.69. The van der Waals surface area contributed by atoms with Gasteiger partial charge in [-0.2, -0.15) is 0 Å². The Kier molecular flexibility index (Phi) is 15.5. The van der Waals surface area contributed by atoms with Crippen molar-refractivity contribution in [2.24, 2.45) is 0 Å². The van der Waals surface area contributed by atoms with Gasteiger partial charge in [-0.05, 0) is 74.6 Å². The van der Waals surface area contributed by atoms with Crippen LogP contribution in [0.2, 0.25) is 0 Å². The van der Waals surface area contributed by atoms with Gasteiger partial charge in [0.2, 0.25) is 0 Å². The van der Waals surface area contributed by atoms with E-state index in [0.717, 1.165) is 75.3 Å². The summed E-state index contributed by atoms with van der Waals surface area (Å²) >= 11 is 0. The topological polar surface area (TPSA) is 93.1 Å². The van der Waals surface area contributed by atoms with Gasteiger partial charge in [-0.3, -0.25) is 9.59 Å². The third-order valence-corrected chi connectivity index (χ3v) is 5.51. The second-order valence-electron chi connectivity index (χ2n) is 8.13. The van der Waals surface area contributed by atoms with Gasteiger partial charge in [-0.1, -0.05) is 37.8 Å². The Bertz CT molecular complexity index is 614. The van der Waals surface area contributed by atoms with Crippen molar-refractivity contribution in [3.63, 3.8) is 0 Å². The number of hydrogen-bond donors (Lipinski definition) is 2. The van der Waals surface area contributed by atoms with Crippen molar-refractivity contribution in [1.29, 1.82) is 0 Å². The van der Waals surface area contributed by atoms with Gasteiger partial charge in [-0.25, -0.2) is 0 Å². The van der Waals surface area contributed by atoms with Crippen LogP contribution in [0.3, 0.4) is 0 Å². The zero-order valence-electron chi connectivity index (χ0n) is 20.0. The minimum Gasteiger partial charge on any atom is -0.466 e. The van der Waals surface area contributed by atoms with Crippen LogP contribution in [0.4, 0.5) is 0 Å². The predicted molar refractivity (Wildman–Crippen MR) is 126 cm³/mol. The monoisotopic (exact) mass is 450 g/mol. The van der Waals surface area contributed by atoms with Crippen LogP contribution in [0.1, 0.15) is 87.5 Å². The van der Waals surface area contributed by atoms with Crippen LogP contribution < -0.4 is 0 Å². The molecule has 0 spiro atoms. The molecule has 0 fully saturated rings. The molecule has 32 heavy (non-hydrogen) atoms. The molecule has 0 bridgehead atoms. The molecule has 0 aromatic heterocycles. The molecule has 0 atom stereocenters. The Hall–Kier alpha value is -1.92. The van der Waals surface area contributed by atoms with Crippen molar-refractivity contribution in [1.82, 2.24) is 0 Å². The molecule has 1 aromatic carbocycles. The van der Waals surface area contributed by atoms with E-state index in [-0.39, 0.29) is 38.0 Å². The fraction of sp³-hybridized carbons (Fsp3) is 0.692. The largest absolute Gasteiger partial charge is 0.466 e. The predicted octanol–water partition coefficient (Wildman–Crippen LogP) is 4.09. The van der Waals surface area contributed by atoms with Gasteiger partial charge >= 0.3 is 11.9 Å². The second kappa shape index (κ2) is 17.6. The molecule has 1 aromatic rings. The van der Waals surface area contributed by atoms with E-state index in [1.165, 1.54) is 11.1 Å². The van der Waals surface area contributed by atoms with Crippen molar-refractivity contribution >= 4 is 11.9 Å². The summed E-state index contributed by atoms with van der Waals surface area (Å²) in [5.74, 6) is -0.577. The summed E-state index contributed by atoms with van der Waals surface area (Å²) in [6.07, 6.45) is 9.92. The van der Waals surface area contributed by atoms with E-state index in [2.05, 4.69) is 12.1 Å². The maximum atomic E-state index is 12.2. The highest BCUT2D eigenvalue weighted by Gasteiger charge is 2.16. The van der Waals surface area contributed by atoms with E-state index in [0.29, 0.717) is 13.2 Å². The summed E-state index contributed by atoms with van der Waals surface area (Å²) < 4.78 is 10.3. The normalized spacial score (nSPS) is 10.9. The molecule has 0 saturated heterocycles. The average molecular weight is 451 g/mol. The number of carbonyl (C=O) groups is 2. The van der Waals surface area contributed by atoms with Gasteiger partial charge < -0.3 is 19.7 Å². The first-order valence-electron chi connectivity index (χ1n) is 12.2. The maximum Gasteiger partial charge on any atom is 0.310 e. The molecule has 6 nitrogen and oxygen atoms in total. The van der Waals surface area contributed by atoms with Crippen molar-refractivity contribution in [3.8, 4) is 0 Å². The van der Waals surface area contributed by atoms with E-state index >= 15 is 0 Å². The highest BCUT2D eigenvalue weighted by molar-refractivity contribution is 5.76. The maximum absolute atomic E-state index is 12.2. The fourth-order valence-electron chi connectivity index (χ4n) is 3.88. The minimum absolute atomic E-state index is 0.150. The van der Waals surface area contributed by atoms with E-state index in [1.54, 1.807) is 13.8 Å². The first-order chi connectivity index (χ1) is 15.5. The number of rotatable bonds is 18. The summed E-state index contributed by atoms with van der Waals surface area (Å²) in [5, 5.41) is 18.0. The summed E-state index contributed by atoms with van der Waals surface area (Å²) in [7, 11) is 0. The van der Waals surface area contributed by atoms with Gasteiger partial charge in [0.25, 0.3) is 0 Å². The van der Waals surface area contributed by atoms with Gasteiger partial charge in [0.15, 0.2) is 0 Å². The van der Waals surface area contributed by atoms with E-state index in [4.69, 9.17) is 19.7 Å². The van der Waals surface area contributed by atoms with Crippen LogP contribution in [0.5, 0.6) is 0 Å². The lowest BCUT2D eigenvalue weighted by atomic mass is 9.89. The standard InChI is InChI=1S/C26H42O6/c1-3-31-25(29)19-23-17-21(13-9-5-7-11-15-27)22(14-10-6-8-12-16-28)18-24(23)20-26(30)32-4-2/h17-18,27-28H,3-16,19-20H2,1-2H3. The van der Waals surface area contributed by atoms with Gasteiger partial charge in [0, 0.05) is 13.2 Å². The molecule has 0 aliphatic heterocycles. The van der Waals surface area contributed by atoms with Crippen LogP contribution in [0.15, 0.2) is 12.1 Å². The lowest BCUT2D eigenvalue weighted by Gasteiger charge is -2.17. The number of esters is 2. The van der Waals surface area contributed by atoms with Crippen LogP contribution in [0.25, 0.3) is 0 Å². The number of hydrogen-bond acceptors (Lipinski definition) is 6. The first-order valence-corrected chi connectivity index (χ1v) is 12.2. The molecule has 1 rings (SSSR count). The summed E-state index contributed by atoms with van der Waals surface area (Å²) in [4.78, 5) is 24.4. The number of benzene rings is 1. The zero-order chi connectivity index (χ0) is 23.6. The Morgan fingerprint density at radius 2 is 1.00 bits per heavy atom. The third-order valence-electron chi connectivity index (χ3n) is 5.51. The number of aliphatic hydroxyl groups excluding tert-OH is 2. The number of aryl methyl sites for hydroxylation is 2. The molecule has 182 valence electrons. The summed E-state index contributed by atoms with van der Waals surface area (Å²) in [6, 6.07) is 4.17. The number of ether oxygens (including phenoxy) is 2.